The molecule has 0 saturated heterocycles. The topological polar surface area (TPSA) is 107 Å². The van der Waals surface area contributed by atoms with Gasteiger partial charge in [0.25, 0.3) is 10.1 Å². The third kappa shape index (κ3) is 5.22. The Morgan fingerprint density at radius 1 is 1.41 bits per heavy atom. The minimum atomic E-state index is -5.16. The Balaban J connectivity index is 3.01. The monoisotopic (exact) mass is 337 g/mol. The quantitative estimate of drug-likeness (QED) is 0.358. The van der Waals surface area contributed by atoms with Crippen molar-refractivity contribution >= 4 is 29.6 Å². The van der Waals surface area contributed by atoms with Gasteiger partial charge in [-0.25, -0.2) is 4.79 Å². The largest absolute Gasteiger partial charge is 0.448 e. The van der Waals surface area contributed by atoms with Gasteiger partial charge in [0, 0.05) is 5.69 Å². The highest BCUT2D eigenvalue weighted by Crippen LogP contribution is 2.25. The van der Waals surface area contributed by atoms with Crippen LogP contribution in [-0.4, -0.2) is 44.8 Å². The van der Waals surface area contributed by atoms with Gasteiger partial charge in [-0.1, -0.05) is 6.32 Å². The first kappa shape index (κ1) is 18.3. The molecule has 0 spiro atoms. The molecule has 0 heterocycles. The van der Waals surface area contributed by atoms with Crippen LogP contribution in [0.2, 0.25) is 0 Å². The fourth-order valence-electron chi connectivity index (χ4n) is 1.49. The number of hydrogen-bond donors (Lipinski definition) is 2. The van der Waals surface area contributed by atoms with E-state index >= 15 is 0 Å². The Morgan fingerprint density at radius 3 is 2.45 bits per heavy atom. The second kappa shape index (κ2) is 6.57. The molecule has 0 aromatic heterocycles. The summed E-state index contributed by atoms with van der Waals surface area (Å²) in [4.78, 5) is 11.7. The molecule has 2 radical (unpaired) electrons. The number of benzene rings is 1. The van der Waals surface area contributed by atoms with E-state index in [1.165, 1.54) is 6.07 Å². The zero-order valence-corrected chi connectivity index (χ0v) is 11.8. The van der Waals surface area contributed by atoms with Crippen LogP contribution in [0, 0.1) is 0 Å². The Bertz CT molecular complexity index is 662. The smallest absolute Gasteiger partial charge is 0.426 e. The van der Waals surface area contributed by atoms with Crippen LogP contribution in [0.5, 0.6) is 0 Å². The van der Waals surface area contributed by atoms with Crippen LogP contribution in [0.15, 0.2) is 18.2 Å². The lowest BCUT2D eigenvalue weighted by Crippen LogP contribution is -2.39. The van der Waals surface area contributed by atoms with Crippen molar-refractivity contribution in [2.75, 3.05) is 11.5 Å². The van der Waals surface area contributed by atoms with Crippen molar-refractivity contribution in [2.24, 2.45) is 0 Å². The fourth-order valence-corrected chi connectivity index (χ4v) is 2.13. The zero-order chi connectivity index (χ0) is 17.1. The van der Waals surface area contributed by atoms with E-state index in [1.54, 1.807) is 0 Å². The second-order valence-electron chi connectivity index (χ2n) is 4.30. The van der Waals surface area contributed by atoms with Gasteiger partial charge < -0.3 is 10.5 Å². The maximum absolute atomic E-state index is 12.6. The summed E-state index contributed by atoms with van der Waals surface area (Å²) in [6, 6.07) is 3.50. The van der Waals surface area contributed by atoms with Crippen molar-refractivity contribution in [2.45, 2.75) is 18.6 Å². The van der Waals surface area contributed by atoms with E-state index in [0.717, 1.165) is 12.1 Å². The fraction of sp³-hybridized carbons (Fsp3) is 0.364. The minimum absolute atomic E-state index is 0.0549. The number of rotatable bonds is 5. The molecular formula is C11H11BF3NO5S. The summed E-state index contributed by atoms with van der Waals surface area (Å²) in [5.41, 5.74) is 5.80. The number of nitrogens with two attached hydrogens (primary N) is 1. The lowest BCUT2D eigenvalue weighted by molar-refractivity contribution is -0.197. The first-order valence-electron chi connectivity index (χ1n) is 5.75. The Kier molecular flexibility index (Phi) is 5.47. The van der Waals surface area contributed by atoms with Gasteiger partial charge in [-0.05, 0) is 23.8 Å². The molecule has 6 nitrogen and oxygen atoms in total. The third-order valence-electron chi connectivity index (χ3n) is 2.57. The molecule has 1 aromatic rings. The average Bonchev–Trinajstić information content (AvgIpc) is 2.35. The highest BCUT2D eigenvalue weighted by molar-refractivity contribution is 7.85. The molecule has 1 unspecified atom stereocenters. The van der Waals surface area contributed by atoms with E-state index in [2.05, 4.69) is 4.74 Å². The lowest BCUT2D eigenvalue weighted by Gasteiger charge is -2.19. The van der Waals surface area contributed by atoms with Gasteiger partial charge in [0.2, 0.25) is 6.10 Å². The third-order valence-corrected chi connectivity index (χ3v) is 3.30. The molecule has 1 rings (SSSR count). The molecule has 0 bridgehead atoms. The van der Waals surface area contributed by atoms with Gasteiger partial charge in [0.05, 0.1) is 13.4 Å². The molecule has 3 N–H and O–H groups in total. The molecule has 11 heteroatoms. The molecule has 0 aliphatic heterocycles. The van der Waals surface area contributed by atoms with E-state index in [9.17, 15) is 26.4 Å². The number of carbonyl (C=O) groups is 1. The van der Waals surface area contributed by atoms with E-state index in [1.807, 2.05) is 0 Å². The number of alkyl halides is 3. The first-order chi connectivity index (χ1) is 9.94. The number of nitrogen functional groups attached to an aromatic ring is 1. The van der Waals surface area contributed by atoms with Crippen LogP contribution in [0.4, 0.5) is 18.9 Å². The SMILES string of the molecule is [B]Cc1cc(C(=O)OC(CS(=O)(=O)O)C(F)(F)F)ccc1N. The molecule has 0 amide bonds. The van der Waals surface area contributed by atoms with Gasteiger partial charge in [-0.15, -0.1) is 0 Å². The van der Waals surface area contributed by atoms with Crippen LogP contribution < -0.4 is 5.73 Å². The lowest BCUT2D eigenvalue weighted by atomic mass is 9.94. The van der Waals surface area contributed by atoms with Crippen LogP contribution in [0.25, 0.3) is 0 Å². The van der Waals surface area contributed by atoms with Gasteiger partial charge in [-0.2, -0.15) is 21.6 Å². The number of anilines is 1. The van der Waals surface area contributed by atoms with Gasteiger partial charge in [0.1, 0.15) is 5.75 Å². The van der Waals surface area contributed by atoms with Crippen LogP contribution >= 0.6 is 0 Å². The van der Waals surface area contributed by atoms with E-state index in [0.29, 0.717) is 5.56 Å². The molecular weight excluding hydrogens is 326 g/mol. The average molecular weight is 337 g/mol. The van der Waals surface area contributed by atoms with E-state index < -0.39 is 34.1 Å². The maximum Gasteiger partial charge on any atom is 0.426 e. The molecule has 22 heavy (non-hydrogen) atoms. The Hall–Kier alpha value is -1.75. The van der Waals surface area contributed by atoms with Crippen molar-refractivity contribution in [1.29, 1.82) is 0 Å². The number of esters is 1. The predicted molar refractivity (Wildman–Crippen MR) is 72.0 cm³/mol. The number of ether oxygens (including phenoxy) is 1. The van der Waals surface area contributed by atoms with Crippen molar-refractivity contribution in [3.8, 4) is 0 Å². The van der Waals surface area contributed by atoms with Crippen molar-refractivity contribution in [1.82, 2.24) is 0 Å². The van der Waals surface area contributed by atoms with E-state index in [-0.39, 0.29) is 17.6 Å². The van der Waals surface area contributed by atoms with Gasteiger partial charge in [0.15, 0.2) is 0 Å². The number of carbonyl (C=O) groups excluding carboxylic acids is 1. The summed E-state index contributed by atoms with van der Waals surface area (Å²) in [6.45, 7) is 0. The number of hydrogen-bond acceptors (Lipinski definition) is 5. The predicted octanol–water partition coefficient (Wildman–Crippen LogP) is 0.913. The Morgan fingerprint density at radius 2 is 2.00 bits per heavy atom. The normalized spacial score (nSPS) is 13.6. The first-order valence-corrected chi connectivity index (χ1v) is 7.36. The second-order valence-corrected chi connectivity index (χ2v) is 5.80. The highest BCUT2D eigenvalue weighted by atomic mass is 32.2. The van der Waals surface area contributed by atoms with Crippen molar-refractivity contribution in [3.05, 3.63) is 29.3 Å². The van der Waals surface area contributed by atoms with Crippen LogP contribution in [-0.2, 0) is 21.2 Å². The van der Waals surface area contributed by atoms with Crippen LogP contribution in [0.3, 0.4) is 0 Å². The molecule has 0 saturated carbocycles. The summed E-state index contributed by atoms with van der Waals surface area (Å²) in [5.74, 6) is -3.21. The standard InChI is InChI=1S/C11H11BF3NO5S/c12-4-7-3-6(1-2-8(7)16)10(17)21-9(11(13,14)15)5-22(18,19)20/h1-3,9H,4-5,16H2,(H,18,19,20). The van der Waals surface area contributed by atoms with Crippen LogP contribution in [0.1, 0.15) is 15.9 Å². The zero-order valence-electron chi connectivity index (χ0n) is 11.0. The van der Waals surface area contributed by atoms with Crippen molar-refractivity contribution < 1.29 is 35.7 Å². The highest BCUT2D eigenvalue weighted by Gasteiger charge is 2.45. The molecule has 0 aliphatic rings. The summed E-state index contributed by atoms with van der Waals surface area (Å²) in [6.07, 6.45) is -8.20. The van der Waals surface area contributed by atoms with Gasteiger partial charge >= 0.3 is 12.1 Å². The molecule has 0 fully saturated rings. The Labute approximate surface area is 125 Å². The summed E-state index contributed by atoms with van der Waals surface area (Å²) in [5, 5.41) is 0. The maximum atomic E-state index is 12.6. The summed E-state index contributed by atoms with van der Waals surface area (Å²) < 4.78 is 71.7. The number of halogens is 3. The molecule has 120 valence electrons. The van der Waals surface area contributed by atoms with Gasteiger partial charge in [-0.3, -0.25) is 4.55 Å². The minimum Gasteiger partial charge on any atom is -0.448 e. The van der Waals surface area contributed by atoms with Crippen molar-refractivity contribution in [3.63, 3.8) is 0 Å². The molecule has 1 atom stereocenters. The summed E-state index contributed by atoms with van der Waals surface area (Å²) in [7, 11) is 0.358. The molecule has 0 aliphatic carbocycles. The molecule has 1 aromatic carbocycles. The summed E-state index contributed by atoms with van der Waals surface area (Å²) >= 11 is 0. The van der Waals surface area contributed by atoms with E-state index in [4.69, 9.17) is 18.1 Å².